The first-order valence-corrected chi connectivity index (χ1v) is 8.62. The van der Waals surface area contributed by atoms with Gasteiger partial charge in [-0.1, -0.05) is 23.4 Å². The van der Waals surface area contributed by atoms with Crippen molar-refractivity contribution in [2.75, 3.05) is 13.1 Å². The topological polar surface area (TPSA) is 85.0 Å². The molecule has 1 saturated heterocycles. The van der Waals surface area contributed by atoms with E-state index in [1.807, 2.05) is 41.9 Å². The average molecular weight is 339 g/mol. The predicted octanol–water partition coefficient (Wildman–Crippen LogP) is 2.44. The fourth-order valence-electron chi connectivity index (χ4n) is 3.19. The number of benzene rings is 1. The minimum absolute atomic E-state index is 0.242. The van der Waals surface area contributed by atoms with Gasteiger partial charge < -0.3 is 15.1 Å². The van der Waals surface area contributed by atoms with Gasteiger partial charge in [0.05, 0.1) is 18.3 Å². The molecule has 7 nitrogen and oxygen atoms in total. The molecule has 2 N–H and O–H groups in total. The number of rotatable bonds is 4. The molecule has 0 aliphatic carbocycles. The van der Waals surface area contributed by atoms with Gasteiger partial charge in [-0.15, -0.1) is 5.10 Å². The molecule has 0 bridgehead atoms. The number of hydrogen-bond donors (Lipinski definition) is 2. The van der Waals surface area contributed by atoms with Crippen molar-refractivity contribution in [1.82, 2.24) is 25.6 Å². The molecule has 4 rings (SSSR count). The van der Waals surface area contributed by atoms with Crippen molar-refractivity contribution in [3.05, 3.63) is 48.0 Å². The Morgan fingerprint density at radius 1 is 1.36 bits per heavy atom. The van der Waals surface area contributed by atoms with E-state index in [-0.39, 0.29) is 11.9 Å². The van der Waals surface area contributed by atoms with Crippen LogP contribution < -0.4 is 10.6 Å². The highest BCUT2D eigenvalue weighted by Crippen LogP contribution is 2.24. The number of amides is 1. The van der Waals surface area contributed by atoms with E-state index in [0.717, 1.165) is 42.7 Å². The first kappa shape index (κ1) is 15.8. The molecule has 1 aliphatic heterocycles. The van der Waals surface area contributed by atoms with Gasteiger partial charge in [0, 0.05) is 5.39 Å². The number of furan rings is 1. The Kier molecular flexibility index (Phi) is 4.23. The molecule has 3 aromatic rings. The zero-order chi connectivity index (χ0) is 17.2. The Hall–Kier alpha value is -2.67. The van der Waals surface area contributed by atoms with Crippen LogP contribution in [0.5, 0.6) is 0 Å². The maximum atomic E-state index is 12.5. The van der Waals surface area contributed by atoms with Crippen molar-refractivity contribution in [2.24, 2.45) is 0 Å². The van der Waals surface area contributed by atoms with Crippen molar-refractivity contribution in [1.29, 1.82) is 0 Å². The van der Waals surface area contributed by atoms with E-state index in [1.165, 1.54) is 0 Å². The fourth-order valence-corrected chi connectivity index (χ4v) is 3.19. The highest BCUT2D eigenvalue weighted by molar-refractivity contribution is 5.92. The van der Waals surface area contributed by atoms with Crippen LogP contribution in [-0.2, 0) is 0 Å². The summed E-state index contributed by atoms with van der Waals surface area (Å²) in [7, 11) is 0. The van der Waals surface area contributed by atoms with Gasteiger partial charge >= 0.3 is 0 Å². The van der Waals surface area contributed by atoms with Gasteiger partial charge in [0.25, 0.3) is 5.91 Å². The fraction of sp³-hybridized carbons (Fsp3) is 0.389. The zero-order valence-corrected chi connectivity index (χ0v) is 14.1. The van der Waals surface area contributed by atoms with E-state index in [2.05, 4.69) is 20.9 Å². The van der Waals surface area contributed by atoms with E-state index < -0.39 is 0 Å². The van der Waals surface area contributed by atoms with Crippen LogP contribution in [-0.4, -0.2) is 34.0 Å². The van der Waals surface area contributed by atoms with Gasteiger partial charge in [0.15, 0.2) is 5.69 Å². The van der Waals surface area contributed by atoms with Crippen molar-refractivity contribution in [2.45, 2.75) is 31.8 Å². The van der Waals surface area contributed by atoms with Crippen molar-refractivity contribution < 1.29 is 9.21 Å². The highest BCUT2D eigenvalue weighted by Gasteiger charge is 2.21. The SMILES string of the molecule is CC(NC(=O)c1cn(C2CCNCC2)nn1)c1cc2ccccc2o1. The van der Waals surface area contributed by atoms with Crippen LogP contribution in [0.2, 0.25) is 0 Å². The molecule has 1 fully saturated rings. The van der Waals surface area contributed by atoms with Gasteiger partial charge in [0.2, 0.25) is 0 Å². The number of para-hydroxylation sites is 1. The first-order chi connectivity index (χ1) is 12.2. The second kappa shape index (κ2) is 6.68. The minimum Gasteiger partial charge on any atom is -0.459 e. The molecule has 3 heterocycles. The van der Waals surface area contributed by atoms with Crippen molar-refractivity contribution in [3.63, 3.8) is 0 Å². The summed E-state index contributed by atoms with van der Waals surface area (Å²) < 4.78 is 7.61. The standard InChI is InChI=1S/C18H21N5O2/c1-12(17-10-13-4-2-3-5-16(13)25-17)20-18(24)15-11-23(22-21-15)14-6-8-19-9-7-14/h2-5,10-12,14,19H,6-9H2,1H3,(H,20,24). The van der Waals surface area contributed by atoms with Crippen LogP contribution in [0.4, 0.5) is 0 Å². The molecule has 1 atom stereocenters. The largest absolute Gasteiger partial charge is 0.459 e. The molecule has 1 aliphatic rings. The lowest BCUT2D eigenvalue weighted by atomic mass is 10.1. The van der Waals surface area contributed by atoms with Crippen LogP contribution >= 0.6 is 0 Å². The molecule has 1 aromatic carbocycles. The predicted molar refractivity (Wildman–Crippen MR) is 93.3 cm³/mol. The van der Waals surface area contributed by atoms with E-state index in [9.17, 15) is 4.79 Å². The molecule has 2 aromatic heterocycles. The highest BCUT2D eigenvalue weighted by atomic mass is 16.3. The maximum Gasteiger partial charge on any atom is 0.274 e. The third kappa shape index (κ3) is 3.28. The molecule has 7 heteroatoms. The number of hydrogen-bond acceptors (Lipinski definition) is 5. The maximum absolute atomic E-state index is 12.5. The number of aromatic nitrogens is 3. The number of carbonyl (C=O) groups is 1. The third-order valence-electron chi connectivity index (χ3n) is 4.64. The Morgan fingerprint density at radius 3 is 2.96 bits per heavy atom. The van der Waals surface area contributed by atoms with Crippen LogP contribution in [0.15, 0.2) is 40.9 Å². The summed E-state index contributed by atoms with van der Waals surface area (Å²) in [6.45, 7) is 3.83. The minimum atomic E-state index is -0.246. The molecular formula is C18H21N5O2. The molecule has 25 heavy (non-hydrogen) atoms. The Bertz CT molecular complexity index is 845. The summed E-state index contributed by atoms with van der Waals surface area (Å²) in [5.41, 5.74) is 1.15. The van der Waals surface area contributed by atoms with Gasteiger partial charge in [-0.2, -0.15) is 0 Å². The zero-order valence-electron chi connectivity index (χ0n) is 14.1. The Morgan fingerprint density at radius 2 is 2.16 bits per heavy atom. The van der Waals surface area contributed by atoms with E-state index in [1.54, 1.807) is 6.20 Å². The lowest BCUT2D eigenvalue weighted by Gasteiger charge is -2.22. The number of nitrogens with zero attached hydrogens (tertiary/aromatic N) is 3. The molecule has 1 amide bonds. The molecular weight excluding hydrogens is 318 g/mol. The molecule has 0 radical (unpaired) electrons. The molecule has 130 valence electrons. The Balaban J connectivity index is 1.45. The summed E-state index contributed by atoms with van der Waals surface area (Å²) in [5, 5.41) is 15.4. The van der Waals surface area contributed by atoms with Crippen LogP contribution in [0.3, 0.4) is 0 Å². The summed E-state index contributed by atoms with van der Waals surface area (Å²) in [5.74, 6) is 0.480. The molecule has 0 saturated carbocycles. The van der Waals surface area contributed by atoms with Gasteiger partial charge in [-0.05, 0) is 45.0 Å². The number of fused-ring (bicyclic) bond motifs is 1. The summed E-state index contributed by atoms with van der Waals surface area (Å²) in [6.07, 6.45) is 3.73. The summed E-state index contributed by atoms with van der Waals surface area (Å²) in [6, 6.07) is 9.81. The second-order valence-electron chi connectivity index (χ2n) is 6.45. The Labute approximate surface area is 145 Å². The van der Waals surface area contributed by atoms with Crippen LogP contribution in [0, 0.1) is 0 Å². The van der Waals surface area contributed by atoms with Gasteiger partial charge in [-0.25, -0.2) is 4.68 Å². The van der Waals surface area contributed by atoms with Crippen LogP contribution in [0.1, 0.15) is 48.1 Å². The van der Waals surface area contributed by atoms with Crippen LogP contribution in [0.25, 0.3) is 11.0 Å². The quantitative estimate of drug-likeness (QED) is 0.762. The summed E-state index contributed by atoms with van der Waals surface area (Å²) >= 11 is 0. The van der Waals surface area contributed by atoms with E-state index >= 15 is 0 Å². The number of carbonyl (C=O) groups excluding carboxylic acids is 1. The first-order valence-electron chi connectivity index (χ1n) is 8.62. The van der Waals surface area contributed by atoms with E-state index in [0.29, 0.717) is 11.7 Å². The average Bonchev–Trinajstić information content (AvgIpc) is 3.29. The van der Waals surface area contributed by atoms with Crippen molar-refractivity contribution in [3.8, 4) is 0 Å². The normalized spacial score (nSPS) is 16.8. The molecule has 0 spiro atoms. The van der Waals surface area contributed by atoms with Crippen molar-refractivity contribution >= 4 is 16.9 Å². The van der Waals surface area contributed by atoms with Gasteiger partial charge in [-0.3, -0.25) is 4.79 Å². The smallest absolute Gasteiger partial charge is 0.274 e. The monoisotopic (exact) mass is 339 g/mol. The van der Waals surface area contributed by atoms with Gasteiger partial charge in [0.1, 0.15) is 11.3 Å². The molecule has 1 unspecified atom stereocenters. The second-order valence-corrected chi connectivity index (χ2v) is 6.45. The van der Waals surface area contributed by atoms with E-state index in [4.69, 9.17) is 4.42 Å². The lowest BCUT2D eigenvalue weighted by Crippen LogP contribution is -2.29. The summed E-state index contributed by atoms with van der Waals surface area (Å²) in [4.78, 5) is 12.5. The lowest BCUT2D eigenvalue weighted by molar-refractivity contribution is 0.0930. The number of piperidine rings is 1. The third-order valence-corrected chi connectivity index (χ3v) is 4.64. The number of nitrogens with one attached hydrogen (secondary N) is 2.